The number of amides is 2. The van der Waals surface area contributed by atoms with Crippen LogP contribution >= 0.6 is 0 Å². The first-order chi connectivity index (χ1) is 9.72. The van der Waals surface area contributed by atoms with E-state index >= 15 is 0 Å². The van der Waals surface area contributed by atoms with Gasteiger partial charge in [0.15, 0.2) is 0 Å². The van der Waals surface area contributed by atoms with Gasteiger partial charge in [-0.1, -0.05) is 19.3 Å². The van der Waals surface area contributed by atoms with Crippen LogP contribution in [0.5, 0.6) is 0 Å². The zero-order valence-electron chi connectivity index (χ0n) is 12.9. The second-order valence-electron chi connectivity index (χ2n) is 5.75. The largest absolute Gasteiger partial charge is 0.345 e. The van der Waals surface area contributed by atoms with E-state index in [9.17, 15) is 18.0 Å². The molecular weight excluding hydrogens is 294 g/mol. The Morgan fingerprint density at radius 3 is 2.29 bits per heavy atom. The molecule has 122 valence electrons. The standard InChI is InChI=1S/C13H25N3O4S/c1-10(13(18)15-21(19,20)16(2)3)14-12(17)9-11-7-5-4-6-8-11/h10-11H,4-9H2,1-3H3,(H,14,17)(H,15,18)/t10-/m0/s1. The maximum Gasteiger partial charge on any atom is 0.303 e. The average Bonchev–Trinajstić information content (AvgIpc) is 2.38. The first-order valence-electron chi connectivity index (χ1n) is 7.26. The van der Waals surface area contributed by atoms with Gasteiger partial charge in [-0.05, 0) is 25.7 Å². The van der Waals surface area contributed by atoms with Crippen molar-refractivity contribution < 1.29 is 18.0 Å². The highest BCUT2D eigenvalue weighted by atomic mass is 32.2. The summed E-state index contributed by atoms with van der Waals surface area (Å²) in [5.74, 6) is -0.563. The summed E-state index contributed by atoms with van der Waals surface area (Å²) in [6.45, 7) is 1.47. The van der Waals surface area contributed by atoms with E-state index in [0.29, 0.717) is 12.3 Å². The quantitative estimate of drug-likeness (QED) is 0.740. The SMILES string of the molecule is C[C@H](NC(=O)CC1CCCCC1)C(=O)NS(=O)(=O)N(C)C. The van der Waals surface area contributed by atoms with Crippen molar-refractivity contribution in [2.45, 2.75) is 51.5 Å². The first kappa shape index (κ1) is 17.9. The second kappa shape index (κ2) is 7.74. The molecule has 21 heavy (non-hydrogen) atoms. The third kappa shape index (κ3) is 6.01. The Kier molecular flexibility index (Phi) is 6.60. The third-order valence-electron chi connectivity index (χ3n) is 3.68. The summed E-state index contributed by atoms with van der Waals surface area (Å²) in [6.07, 6.45) is 6.01. The molecule has 8 heteroatoms. The number of hydrogen-bond acceptors (Lipinski definition) is 4. The van der Waals surface area contributed by atoms with E-state index < -0.39 is 22.2 Å². The van der Waals surface area contributed by atoms with E-state index in [-0.39, 0.29) is 5.91 Å². The summed E-state index contributed by atoms with van der Waals surface area (Å²) >= 11 is 0. The van der Waals surface area contributed by atoms with Crippen LogP contribution in [-0.2, 0) is 19.8 Å². The molecule has 0 aromatic carbocycles. The van der Waals surface area contributed by atoms with Crippen molar-refractivity contribution in [1.29, 1.82) is 0 Å². The summed E-state index contributed by atoms with van der Waals surface area (Å²) in [6, 6.07) is -0.879. The zero-order chi connectivity index (χ0) is 16.0. The highest BCUT2D eigenvalue weighted by molar-refractivity contribution is 7.87. The van der Waals surface area contributed by atoms with Crippen LogP contribution in [0.15, 0.2) is 0 Å². The Hall–Kier alpha value is -1.15. The van der Waals surface area contributed by atoms with Crippen LogP contribution in [0.25, 0.3) is 0 Å². The zero-order valence-corrected chi connectivity index (χ0v) is 13.7. The minimum Gasteiger partial charge on any atom is -0.345 e. The summed E-state index contributed by atoms with van der Waals surface area (Å²) in [5, 5.41) is 2.55. The number of hydrogen-bond donors (Lipinski definition) is 2. The van der Waals surface area contributed by atoms with Crippen molar-refractivity contribution in [3.8, 4) is 0 Å². The summed E-state index contributed by atoms with van der Waals surface area (Å²) in [4.78, 5) is 23.6. The normalized spacial score (nSPS) is 18.3. The minimum atomic E-state index is -3.82. The third-order valence-corrected chi connectivity index (χ3v) is 5.10. The first-order valence-corrected chi connectivity index (χ1v) is 8.70. The van der Waals surface area contributed by atoms with Gasteiger partial charge in [0.1, 0.15) is 6.04 Å². The molecule has 0 aromatic heterocycles. The average molecular weight is 319 g/mol. The minimum absolute atomic E-state index is 0.202. The Labute approximate surface area is 126 Å². The maximum absolute atomic E-state index is 11.9. The van der Waals surface area contributed by atoms with Crippen LogP contribution in [0.3, 0.4) is 0 Å². The Morgan fingerprint density at radius 2 is 1.76 bits per heavy atom. The van der Waals surface area contributed by atoms with E-state index in [1.807, 2.05) is 4.72 Å². The Balaban J connectivity index is 2.42. The smallest absolute Gasteiger partial charge is 0.303 e. The lowest BCUT2D eigenvalue weighted by molar-refractivity contribution is -0.128. The van der Waals surface area contributed by atoms with E-state index in [0.717, 1.165) is 30.0 Å². The monoisotopic (exact) mass is 319 g/mol. The van der Waals surface area contributed by atoms with Gasteiger partial charge in [-0.3, -0.25) is 9.59 Å². The van der Waals surface area contributed by atoms with E-state index in [1.165, 1.54) is 27.4 Å². The maximum atomic E-state index is 11.9. The molecule has 0 spiro atoms. The predicted molar refractivity (Wildman–Crippen MR) is 79.5 cm³/mol. The molecule has 0 saturated heterocycles. The predicted octanol–water partition coefficient (Wildman–Crippen LogP) is 0.384. The van der Waals surface area contributed by atoms with Gasteiger partial charge in [0.2, 0.25) is 5.91 Å². The van der Waals surface area contributed by atoms with E-state index in [2.05, 4.69) is 5.32 Å². The number of nitrogens with zero attached hydrogens (tertiary/aromatic N) is 1. The fourth-order valence-corrected chi connectivity index (χ4v) is 2.94. The lowest BCUT2D eigenvalue weighted by atomic mass is 9.87. The van der Waals surface area contributed by atoms with Crippen LogP contribution < -0.4 is 10.0 Å². The van der Waals surface area contributed by atoms with Crippen molar-refractivity contribution in [1.82, 2.24) is 14.3 Å². The van der Waals surface area contributed by atoms with Crippen molar-refractivity contribution in [3.05, 3.63) is 0 Å². The fourth-order valence-electron chi connectivity index (χ4n) is 2.33. The topological polar surface area (TPSA) is 95.6 Å². The molecule has 1 aliphatic carbocycles. The Morgan fingerprint density at radius 1 is 1.19 bits per heavy atom. The number of carbonyl (C=O) groups is 2. The lowest BCUT2D eigenvalue weighted by Crippen LogP contribution is -2.49. The molecule has 0 aromatic rings. The Bertz CT molecular complexity index is 470. The van der Waals surface area contributed by atoms with E-state index in [4.69, 9.17) is 0 Å². The molecule has 0 heterocycles. The molecule has 0 bridgehead atoms. The van der Waals surface area contributed by atoms with Crippen LogP contribution in [0.1, 0.15) is 45.4 Å². The molecular formula is C13H25N3O4S. The number of rotatable bonds is 6. The van der Waals surface area contributed by atoms with E-state index in [1.54, 1.807) is 0 Å². The summed E-state index contributed by atoms with van der Waals surface area (Å²) < 4.78 is 25.9. The molecule has 2 amide bonds. The molecule has 2 N–H and O–H groups in total. The molecule has 0 radical (unpaired) electrons. The van der Waals surface area contributed by atoms with Crippen molar-refractivity contribution in [2.24, 2.45) is 5.92 Å². The van der Waals surface area contributed by atoms with Crippen LogP contribution in [0.2, 0.25) is 0 Å². The van der Waals surface area contributed by atoms with Gasteiger partial charge in [-0.25, -0.2) is 4.72 Å². The van der Waals surface area contributed by atoms with Crippen LogP contribution in [0.4, 0.5) is 0 Å². The fraction of sp³-hybridized carbons (Fsp3) is 0.846. The second-order valence-corrected chi connectivity index (χ2v) is 7.64. The molecule has 7 nitrogen and oxygen atoms in total. The van der Waals surface area contributed by atoms with Gasteiger partial charge in [-0.15, -0.1) is 0 Å². The summed E-state index contributed by atoms with van der Waals surface area (Å²) in [5.41, 5.74) is 0. The van der Waals surface area contributed by atoms with Crippen molar-refractivity contribution in [2.75, 3.05) is 14.1 Å². The molecule has 1 saturated carbocycles. The lowest BCUT2D eigenvalue weighted by Gasteiger charge is -2.22. The summed E-state index contributed by atoms with van der Waals surface area (Å²) in [7, 11) is -1.18. The molecule has 1 aliphatic rings. The van der Waals surface area contributed by atoms with Crippen LogP contribution in [0, 0.1) is 5.92 Å². The van der Waals surface area contributed by atoms with Gasteiger partial charge >= 0.3 is 10.2 Å². The van der Waals surface area contributed by atoms with Gasteiger partial charge in [0.05, 0.1) is 0 Å². The molecule has 0 aliphatic heterocycles. The molecule has 1 fully saturated rings. The van der Waals surface area contributed by atoms with Gasteiger partial charge in [0, 0.05) is 20.5 Å². The van der Waals surface area contributed by atoms with Crippen LogP contribution in [-0.4, -0.2) is 44.7 Å². The molecule has 1 rings (SSSR count). The number of nitrogens with one attached hydrogen (secondary N) is 2. The van der Waals surface area contributed by atoms with Crippen molar-refractivity contribution in [3.63, 3.8) is 0 Å². The molecule has 1 atom stereocenters. The highest BCUT2D eigenvalue weighted by Crippen LogP contribution is 2.26. The highest BCUT2D eigenvalue weighted by Gasteiger charge is 2.24. The molecule has 0 unspecified atom stereocenters. The number of carbonyl (C=O) groups excluding carboxylic acids is 2. The van der Waals surface area contributed by atoms with Gasteiger partial charge < -0.3 is 5.32 Å². The van der Waals surface area contributed by atoms with Gasteiger partial charge in [0.25, 0.3) is 5.91 Å². The van der Waals surface area contributed by atoms with Gasteiger partial charge in [-0.2, -0.15) is 12.7 Å². The van der Waals surface area contributed by atoms with Crippen molar-refractivity contribution >= 4 is 22.0 Å².